The van der Waals surface area contributed by atoms with Gasteiger partial charge in [-0.1, -0.05) is 44.2 Å². The second kappa shape index (κ2) is 8.71. The molecule has 0 spiro atoms. The number of nitrogens with one attached hydrogen (secondary N) is 3. The molecule has 0 bridgehead atoms. The van der Waals surface area contributed by atoms with Crippen LogP contribution in [-0.4, -0.2) is 11.9 Å². The topological polar surface area (TPSA) is 70.2 Å². The van der Waals surface area contributed by atoms with E-state index in [-0.39, 0.29) is 18.0 Å². The standard InChI is InChI=1S/C22H27N3O2/c1-15(2)14-20(26)23-18-10-12-19(13-11-18)24-22(27)25-21(17-8-9-17)16-6-4-3-5-7-16/h3-7,10-13,15,17,21H,8-9,14H2,1-2H3,(H,23,26)(H2,24,25,27). The van der Waals surface area contributed by atoms with Gasteiger partial charge in [0.1, 0.15) is 0 Å². The minimum Gasteiger partial charge on any atom is -0.331 e. The number of hydrogen-bond donors (Lipinski definition) is 3. The number of urea groups is 1. The zero-order valence-electron chi connectivity index (χ0n) is 15.9. The summed E-state index contributed by atoms with van der Waals surface area (Å²) in [6, 6.07) is 17.1. The number of amides is 3. The Labute approximate surface area is 160 Å². The van der Waals surface area contributed by atoms with Gasteiger partial charge in [0.15, 0.2) is 0 Å². The predicted molar refractivity (Wildman–Crippen MR) is 109 cm³/mol. The number of rotatable bonds is 7. The van der Waals surface area contributed by atoms with Crippen molar-refractivity contribution in [1.82, 2.24) is 5.32 Å². The third-order valence-corrected chi connectivity index (χ3v) is 4.56. The van der Waals surface area contributed by atoms with Crippen LogP contribution >= 0.6 is 0 Å². The Kier molecular flexibility index (Phi) is 6.12. The fourth-order valence-corrected chi connectivity index (χ4v) is 3.09. The first-order chi connectivity index (χ1) is 13.0. The zero-order valence-corrected chi connectivity index (χ0v) is 15.9. The third-order valence-electron chi connectivity index (χ3n) is 4.56. The van der Waals surface area contributed by atoms with Crippen molar-refractivity contribution in [3.63, 3.8) is 0 Å². The summed E-state index contributed by atoms with van der Waals surface area (Å²) in [4.78, 5) is 24.2. The zero-order chi connectivity index (χ0) is 19.2. The molecule has 1 unspecified atom stereocenters. The highest BCUT2D eigenvalue weighted by Crippen LogP contribution is 2.40. The van der Waals surface area contributed by atoms with Crippen LogP contribution in [-0.2, 0) is 4.79 Å². The lowest BCUT2D eigenvalue weighted by Crippen LogP contribution is -2.33. The van der Waals surface area contributed by atoms with Crippen LogP contribution in [0.15, 0.2) is 54.6 Å². The van der Waals surface area contributed by atoms with Gasteiger partial charge in [-0.25, -0.2) is 4.79 Å². The van der Waals surface area contributed by atoms with Crippen molar-refractivity contribution in [1.29, 1.82) is 0 Å². The van der Waals surface area contributed by atoms with Crippen molar-refractivity contribution in [3.8, 4) is 0 Å². The second-order valence-electron chi connectivity index (χ2n) is 7.55. The van der Waals surface area contributed by atoms with E-state index in [9.17, 15) is 9.59 Å². The summed E-state index contributed by atoms with van der Waals surface area (Å²) in [6.45, 7) is 4.02. The maximum atomic E-state index is 12.4. The molecule has 1 fully saturated rings. The number of carbonyl (C=O) groups excluding carboxylic acids is 2. The average molecular weight is 365 g/mol. The molecular formula is C22H27N3O2. The van der Waals surface area contributed by atoms with Crippen molar-refractivity contribution in [3.05, 3.63) is 60.2 Å². The van der Waals surface area contributed by atoms with E-state index in [1.165, 1.54) is 0 Å². The molecule has 1 aliphatic rings. The van der Waals surface area contributed by atoms with Crippen molar-refractivity contribution in [2.45, 2.75) is 39.2 Å². The van der Waals surface area contributed by atoms with E-state index in [2.05, 4.69) is 28.1 Å². The quantitative estimate of drug-likeness (QED) is 0.650. The van der Waals surface area contributed by atoms with Gasteiger partial charge in [-0.3, -0.25) is 4.79 Å². The molecule has 0 radical (unpaired) electrons. The number of carbonyl (C=O) groups is 2. The summed E-state index contributed by atoms with van der Waals surface area (Å²) < 4.78 is 0. The highest BCUT2D eigenvalue weighted by Gasteiger charge is 2.33. The number of hydrogen-bond acceptors (Lipinski definition) is 2. The second-order valence-corrected chi connectivity index (χ2v) is 7.55. The van der Waals surface area contributed by atoms with Gasteiger partial charge < -0.3 is 16.0 Å². The van der Waals surface area contributed by atoms with Crippen LogP contribution in [0.2, 0.25) is 0 Å². The molecule has 27 heavy (non-hydrogen) atoms. The van der Waals surface area contributed by atoms with Gasteiger partial charge in [-0.2, -0.15) is 0 Å². The Morgan fingerprint density at radius 3 is 2.07 bits per heavy atom. The van der Waals surface area contributed by atoms with Gasteiger partial charge in [0.2, 0.25) is 5.91 Å². The summed E-state index contributed by atoms with van der Waals surface area (Å²) in [7, 11) is 0. The summed E-state index contributed by atoms with van der Waals surface area (Å²) in [5, 5.41) is 8.83. The average Bonchev–Trinajstić information content (AvgIpc) is 3.46. The van der Waals surface area contributed by atoms with Crippen LogP contribution in [0, 0.1) is 11.8 Å². The molecule has 0 aromatic heterocycles. The highest BCUT2D eigenvalue weighted by atomic mass is 16.2. The normalized spacial score (nSPS) is 14.5. The van der Waals surface area contributed by atoms with E-state index < -0.39 is 0 Å². The van der Waals surface area contributed by atoms with Gasteiger partial charge in [-0.05, 0) is 54.5 Å². The highest BCUT2D eigenvalue weighted by molar-refractivity contribution is 5.92. The van der Waals surface area contributed by atoms with Crippen LogP contribution in [0.4, 0.5) is 16.2 Å². The largest absolute Gasteiger partial charge is 0.331 e. The Morgan fingerprint density at radius 1 is 0.926 bits per heavy atom. The molecule has 3 amide bonds. The molecule has 3 rings (SSSR count). The first-order valence-corrected chi connectivity index (χ1v) is 9.53. The lowest BCUT2D eigenvalue weighted by molar-refractivity contribution is -0.116. The van der Waals surface area contributed by atoms with E-state index in [0.29, 0.717) is 23.9 Å². The van der Waals surface area contributed by atoms with Gasteiger partial charge in [0.05, 0.1) is 6.04 Å². The van der Waals surface area contributed by atoms with Crippen LogP contribution in [0.1, 0.15) is 44.7 Å². The van der Waals surface area contributed by atoms with E-state index in [0.717, 1.165) is 24.1 Å². The predicted octanol–water partition coefficient (Wildman–Crippen LogP) is 4.94. The Hall–Kier alpha value is -2.82. The SMILES string of the molecule is CC(C)CC(=O)Nc1ccc(NC(=O)NC(c2ccccc2)C2CC2)cc1. The Balaban J connectivity index is 1.55. The van der Waals surface area contributed by atoms with Crippen LogP contribution in [0.5, 0.6) is 0 Å². The fraction of sp³-hybridized carbons (Fsp3) is 0.364. The Morgan fingerprint density at radius 2 is 1.52 bits per heavy atom. The molecule has 0 saturated heterocycles. The van der Waals surface area contributed by atoms with Crippen molar-refractivity contribution in [2.75, 3.05) is 10.6 Å². The molecule has 2 aromatic rings. The van der Waals surface area contributed by atoms with E-state index in [4.69, 9.17) is 0 Å². The molecule has 5 heteroatoms. The van der Waals surface area contributed by atoms with Gasteiger partial charge in [-0.15, -0.1) is 0 Å². The number of benzene rings is 2. The smallest absolute Gasteiger partial charge is 0.319 e. The number of anilines is 2. The fourth-order valence-electron chi connectivity index (χ4n) is 3.09. The monoisotopic (exact) mass is 365 g/mol. The molecule has 1 saturated carbocycles. The molecule has 142 valence electrons. The molecular weight excluding hydrogens is 338 g/mol. The van der Waals surface area contributed by atoms with Gasteiger partial charge in [0, 0.05) is 17.8 Å². The maximum absolute atomic E-state index is 12.4. The lowest BCUT2D eigenvalue weighted by atomic mass is 10.0. The van der Waals surface area contributed by atoms with Gasteiger partial charge in [0.25, 0.3) is 0 Å². The Bertz CT molecular complexity index is 768. The lowest BCUT2D eigenvalue weighted by Gasteiger charge is -2.19. The maximum Gasteiger partial charge on any atom is 0.319 e. The van der Waals surface area contributed by atoms with Gasteiger partial charge >= 0.3 is 6.03 Å². The van der Waals surface area contributed by atoms with E-state index in [1.807, 2.05) is 32.0 Å². The molecule has 1 atom stereocenters. The van der Waals surface area contributed by atoms with Crippen LogP contribution in [0.25, 0.3) is 0 Å². The summed E-state index contributed by atoms with van der Waals surface area (Å²) in [6.07, 6.45) is 2.78. The molecule has 0 heterocycles. The first kappa shape index (κ1) is 19.0. The molecule has 5 nitrogen and oxygen atoms in total. The van der Waals surface area contributed by atoms with Crippen molar-refractivity contribution in [2.24, 2.45) is 11.8 Å². The van der Waals surface area contributed by atoms with E-state index >= 15 is 0 Å². The summed E-state index contributed by atoms with van der Waals surface area (Å²) in [5.74, 6) is 0.828. The molecule has 0 aliphatic heterocycles. The molecule has 2 aromatic carbocycles. The van der Waals surface area contributed by atoms with Crippen molar-refractivity contribution >= 4 is 23.3 Å². The minimum absolute atomic E-state index is 0.00131. The third kappa shape index (κ3) is 5.84. The molecule has 1 aliphatic carbocycles. The summed E-state index contributed by atoms with van der Waals surface area (Å²) in [5.41, 5.74) is 2.56. The van der Waals surface area contributed by atoms with Crippen molar-refractivity contribution < 1.29 is 9.59 Å². The molecule has 3 N–H and O–H groups in total. The minimum atomic E-state index is -0.215. The summed E-state index contributed by atoms with van der Waals surface area (Å²) >= 11 is 0. The van der Waals surface area contributed by atoms with Crippen LogP contribution in [0.3, 0.4) is 0 Å². The van der Waals surface area contributed by atoms with E-state index in [1.54, 1.807) is 24.3 Å². The van der Waals surface area contributed by atoms with Crippen LogP contribution < -0.4 is 16.0 Å². The first-order valence-electron chi connectivity index (χ1n) is 9.53.